The monoisotopic (exact) mass is 326 g/mol. The van der Waals surface area contributed by atoms with E-state index in [1.54, 1.807) is 0 Å². The Labute approximate surface area is 146 Å². The van der Waals surface area contributed by atoms with Crippen molar-refractivity contribution in [2.75, 3.05) is 7.11 Å². The van der Waals surface area contributed by atoms with Crippen LogP contribution in [0.15, 0.2) is 72.8 Å². The van der Waals surface area contributed by atoms with Gasteiger partial charge in [0.1, 0.15) is 0 Å². The van der Waals surface area contributed by atoms with Crippen LogP contribution in [0.25, 0.3) is 32.7 Å². The molecule has 0 unspecified atom stereocenters. The molecule has 0 aliphatic heterocycles. The van der Waals surface area contributed by atoms with Gasteiger partial charge in [-0.15, -0.1) is 0 Å². The molecule has 25 heavy (non-hydrogen) atoms. The van der Waals surface area contributed by atoms with Crippen molar-refractivity contribution in [3.63, 3.8) is 0 Å². The molecule has 4 aromatic carbocycles. The summed E-state index contributed by atoms with van der Waals surface area (Å²) in [7, 11) is 1.43. The van der Waals surface area contributed by atoms with Crippen molar-refractivity contribution < 1.29 is 9.53 Å². The Morgan fingerprint density at radius 1 is 0.760 bits per heavy atom. The van der Waals surface area contributed by atoms with Gasteiger partial charge in [0.15, 0.2) is 0 Å². The molecule has 0 spiro atoms. The zero-order valence-corrected chi connectivity index (χ0v) is 14.2. The van der Waals surface area contributed by atoms with Gasteiger partial charge >= 0.3 is 5.97 Å². The lowest BCUT2D eigenvalue weighted by Crippen LogP contribution is -2.04. The number of carbonyl (C=O) groups is 1. The van der Waals surface area contributed by atoms with Gasteiger partial charge in [-0.3, -0.25) is 0 Å². The van der Waals surface area contributed by atoms with E-state index in [4.69, 9.17) is 4.74 Å². The first-order valence-electron chi connectivity index (χ1n) is 8.29. The first-order valence-corrected chi connectivity index (χ1v) is 8.29. The Morgan fingerprint density at radius 2 is 1.44 bits per heavy atom. The maximum Gasteiger partial charge on any atom is 0.338 e. The Kier molecular flexibility index (Phi) is 3.73. The average Bonchev–Trinajstić information content (AvgIpc) is 2.67. The molecule has 2 heteroatoms. The molecule has 122 valence electrons. The first-order chi connectivity index (χ1) is 12.2. The zero-order chi connectivity index (χ0) is 17.4. The van der Waals surface area contributed by atoms with Gasteiger partial charge in [0.05, 0.1) is 12.7 Å². The molecule has 0 aromatic heterocycles. The van der Waals surface area contributed by atoms with E-state index in [0.29, 0.717) is 5.56 Å². The van der Waals surface area contributed by atoms with Crippen LogP contribution >= 0.6 is 0 Å². The fourth-order valence-electron chi connectivity index (χ4n) is 3.51. The Bertz CT molecular complexity index is 1110. The standard InChI is InChI=1S/C23H18O2/c1-15-11-13-20(19-10-6-5-8-17(15)19)22-18-9-4-3-7-16(18)12-14-21(22)23(24)25-2/h3-14H,1-2H3. The van der Waals surface area contributed by atoms with Crippen molar-refractivity contribution in [1.82, 2.24) is 0 Å². The van der Waals surface area contributed by atoms with Crippen LogP contribution in [0.1, 0.15) is 15.9 Å². The molecule has 4 rings (SSSR count). The van der Waals surface area contributed by atoms with E-state index < -0.39 is 0 Å². The lowest BCUT2D eigenvalue weighted by Gasteiger charge is -2.15. The second kappa shape index (κ2) is 6.06. The molecule has 0 aliphatic rings. The largest absolute Gasteiger partial charge is 0.465 e. The number of hydrogen-bond acceptors (Lipinski definition) is 2. The molecule has 0 bridgehead atoms. The molecule has 0 radical (unpaired) electrons. The van der Waals surface area contributed by atoms with E-state index in [9.17, 15) is 4.79 Å². The fourth-order valence-corrected chi connectivity index (χ4v) is 3.51. The van der Waals surface area contributed by atoms with Gasteiger partial charge in [0.2, 0.25) is 0 Å². The Morgan fingerprint density at radius 3 is 2.20 bits per heavy atom. The summed E-state index contributed by atoms with van der Waals surface area (Å²) in [5.41, 5.74) is 3.80. The summed E-state index contributed by atoms with van der Waals surface area (Å²) >= 11 is 0. The molecule has 0 aliphatic carbocycles. The summed E-state index contributed by atoms with van der Waals surface area (Å²) in [5.74, 6) is -0.314. The van der Waals surface area contributed by atoms with E-state index in [1.807, 2.05) is 36.4 Å². The summed E-state index contributed by atoms with van der Waals surface area (Å²) in [5, 5.41) is 4.50. The molecule has 0 fully saturated rings. The van der Waals surface area contributed by atoms with Gasteiger partial charge in [-0.05, 0) is 45.7 Å². The summed E-state index contributed by atoms with van der Waals surface area (Å²) in [6, 6.07) is 24.5. The van der Waals surface area contributed by atoms with Crippen molar-refractivity contribution in [3.8, 4) is 11.1 Å². The lowest BCUT2D eigenvalue weighted by atomic mass is 9.89. The quantitative estimate of drug-likeness (QED) is 0.438. The number of methoxy groups -OCH3 is 1. The van der Waals surface area contributed by atoms with Crippen LogP contribution in [-0.4, -0.2) is 13.1 Å². The van der Waals surface area contributed by atoms with Crippen molar-refractivity contribution >= 4 is 27.5 Å². The minimum atomic E-state index is -0.314. The van der Waals surface area contributed by atoms with E-state index in [-0.39, 0.29) is 5.97 Å². The average molecular weight is 326 g/mol. The third-order valence-corrected chi connectivity index (χ3v) is 4.75. The Balaban J connectivity index is 2.17. The van der Waals surface area contributed by atoms with Gasteiger partial charge in [-0.1, -0.05) is 66.7 Å². The van der Waals surface area contributed by atoms with Crippen LogP contribution in [0.5, 0.6) is 0 Å². The number of carbonyl (C=O) groups excluding carboxylic acids is 1. The van der Waals surface area contributed by atoms with E-state index in [0.717, 1.165) is 27.3 Å². The van der Waals surface area contributed by atoms with Gasteiger partial charge in [0.25, 0.3) is 0 Å². The third kappa shape index (κ3) is 2.47. The van der Waals surface area contributed by atoms with Crippen molar-refractivity contribution in [2.24, 2.45) is 0 Å². The van der Waals surface area contributed by atoms with Crippen molar-refractivity contribution in [2.45, 2.75) is 6.92 Å². The van der Waals surface area contributed by atoms with Crippen LogP contribution in [0.3, 0.4) is 0 Å². The van der Waals surface area contributed by atoms with Gasteiger partial charge in [-0.2, -0.15) is 0 Å². The smallest absolute Gasteiger partial charge is 0.338 e. The Hall–Kier alpha value is -3.13. The molecule has 4 aromatic rings. The number of fused-ring (bicyclic) bond motifs is 2. The molecule has 0 atom stereocenters. The maximum absolute atomic E-state index is 12.4. The number of esters is 1. The highest BCUT2D eigenvalue weighted by Gasteiger charge is 2.18. The molecule has 0 saturated carbocycles. The summed E-state index contributed by atoms with van der Waals surface area (Å²) < 4.78 is 5.04. The molecule has 0 amide bonds. The minimum Gasteiger partial charge on any atom is -0.465 e. The lowest BCUT2D eigenvalue weighted by molar-refractivity contribution is 0.0602. The normalized spacial score (nSPS) is 11.0. The number of hydrogen-bond donors (Lipinski definition) is 0. The molecule has 0 saturated heterocycles. The van der Waals surface area contributed by atoms with Crippen LogP contribution < -0.4 is 0 Å². The highest BCUT2D eigenvalue weighted by molar-refractivity contribution is 6.13. The first kappa shape index (κ1) is 15.4. The number of rotatable bonds is 2. The number of benzene rings is 4. The number of aryl methyl sites for hydroxylation is 1. The molecular formula is C23H18O2. The zero-order valence-electron chi connectivity index (χ0n) is 14.2. The van der Waals surface area contributed by atoms with Crippen molar-refractivity contribution in [3.05, 3.63) is 83.9 Å². The van der Waals surface area contributed by atoms with Gasteiger partial charge in [-0.25, -0.2) is 4.79 Å². The number of ether oxygens (including phenoxy) is 1. The predicted molar refractivity (Wildman–Crippen MR) is 103 cm³/mol. The van der Waals surface area contributed by atoms with Crippen LogP contribution in [0.4, 0.5) is 0 Å². The summed E-state index contributed by atoms with van der Waals surface area (Å²) in [6.07, 6.45) is 0. The second-order valence-corrected chi connectivity index (χ2v) is 6.18. The van der Waals surface area contributed by atoms with E-state index >= 15 is 0 Å². The molecule has 0 heterocycles. The fraction of sp³-hybridized carbons (Fsp3) is 0.0870. The van der Waals surface area contributed by atoms with E-state index in [1.165, 1.54) is 18.1 Å². The summed E-state index contributed by atoms with van der Waals surface area (Å²) in [6.45, 7) is 2.11. The van der Waals surface area contributed by atoms with Crippen molar-refractivity contribution in [1.29, 1.82) is 0 Å². The predicted octanol–water partition coefficient (Wildman–Crippen LogP) is 5.76. The minimum absolute atomic E-state index is 0.314. The van der Waals surface area contributed by atoms with Crippen LogP contribution in [-0.2, 0) is 4.74 Å². The van der Waals surface area contributed by atoms with Crippen LogP contribution in [0.2, 0.25) is 0 Å². The maximum atomic E-state index is 12.4. The highest BCUT2D eigenvalue weighted by Crippen LogP contribution is 2.37. The molecule has 0 N–H and O–H groups in total. The molecular weight excluding hydrogens is 308 g/mol. The van der Waals surface area contributed by atoms with Gasteiger partial charge < -0.3 is 4.74 Å². The summed E-state index contributed by atoms with van der Waals surface area (Å²) in [4.78, 5) is 12.4. The second-order valence-electron chi connectivity index (χ2n) is 6.18. The third-order valence-electron chi connectivity index (χ3n) is 4.75. The topological polar surface area (TPSA) is 26.3 Å². The molecule has 2 nitrogen and oxygen atoms in total. The highest BCUT2D eigenvalue weighted by atomic mass is 16.5. The van der Waals surface area contributed by atoms with Crippen LogP contribution in [0, 0.1) is 6.92 Å². The SMILES string of the molecule is COC(=O)c1ccc2ccccc2c1-c1ccc(C)c2ccccc12. The van der Waals surface area contributed by atoms with Gasteiger partial charge in [0, 0.05) is 5.56 Å². The van der Waals surface area contributed by atoms with E-state index in [2.05, 4.69) is 43.3 Å².